The molecular formula is C18H23NO2. The van der Waals surface area contributed by atoms with Gasteiger partial charge in [-0.05, 0) is 29.7 Å². The molecule has 0 heterocycles. The molecule has 112 valence electrons. The number of fused-ring (bicyclic) bond motifs is 1. The van der Waals surface area contributed by atoms with Crippen molar-refractivity contribution in [3.8, 4) is 5.75 Å². The van der Waals surface area contributed by atoms with E-state index in [2.05, 4.69) is 18.3 Å². The zero-order valence-corrected chi connectivity index (χ0v) is 12.5. The summed E-state index contributed by atoms with van der Waals surface area (Å²) >= 11 is 0. The maximum atomic E-state index is 10.2. The van der Waals surface area contributed by atoms with E-state index in [-0.39, 0.29) is 12.0 Å². The maximum absolute atomic E-state index is 10.2. The summed E-state index contributed by atoms with van der Waals surface area (Å²) in [4.78, 5) is 0. The van der Waals surface area contributed by atoms with Crippen molar-refractivity contribution in [2.24, 2.45) is 5.41 Å². The third-order valence-electron chi connectivity index (χ3n) is 4.98. The lowest BCUT2D eigenvalue weighted by Gasteiger charge is -2.30. The lowest BCUT2D eigenvalue weighted by molar-refractivity contribution is 0.118. The Morgan fingerprint density at radius 1 is 1.24 bits per heavy atom. The van der Waals surface area contributed by atoms with Gasteiger partial charge in [-0.2, -0.15) is 0 Å². The van der Waals surface area contributed by atoms with Gasteiger partial charge in [0.15, 0.2) is 0 Å². The fraction of sp³-hybridized carbons (Fsp3) is 0.444. The summed E-state index contributed by atoms with van der Waals surface area (Å²) in [5.74, 6) is 0.338. The minimum atomic E-state index is -0.0415. The van der Waals surface area contributed by atoms with Crippen molar-refractivity contribution in [3.05, 3.63) is 42.0 Å². The number of phenolic OH excluding ortho intramolecular Hbond substituents is 1. The highest BCUT2D eigenvalue weighted by molar-refractivity contribution is 5.87. The molecule has 0 saturated heterocycles. The fourth-order valence-electron chi connectivity index (χ4n) is 3.51. The van der Waals surface area contributed by atoms with Gasteiger partial charge >= 0.3 is 0 Å². The molecule has 1 fully saturated rings. The molecule has 1 aliphatic rings. The van der Waals surface area contributed by atoms with E-state index < -0.39 is 0 Å². The standard InChI is InChI=1S/C18H23NO2/c1-18(12-20)10-4-7-17(18)19-11-15-14-6-3-2-5-13(14)8-9-16(15)21/h2-3,5-6,8-9,17,19-21H,4,7,10-12H2,1H3. The molecule has 21 heavy (non-hydrogen) atoms. The van der Waals surface area contributed by atoms with E-state index in [1.807, 2.05) is 24.3 Å². The molecular weight excluding hydrogens is 262 g/mol. The second kappa shape index (κ2) is 5.66. The predicted octanol–water partition coefficient (Wildman–Crippen LogP) is 3.19. The molecule has 0 radical (unpaired) electrons. The van der Waals surface area contributed by atoms with Crippen LogP contribution in [0.15, 0.2) is 36.4 Å². The minimum Gasteiger partial charge on any atom is -0.508 e. The molecule has 2 atom stereocenters. The van der Waals surface area contributed by atoms with Crippen LogP contribution in [-0.2, 0) is 6.54 Å². The Morgan fingerprint density at radius 3 is 2.86 bits per heavy atom. The number of benzene rings is 2. The summed E-state index contributed by atoms with van der Waals surface area (Å²) in [5.41, 5.74) is 0.903. The van der Waals surface area contributed by atoms with Crippen LogP contribution < -0.4 is 5.32 Å². The number of aromatic hydroxyl groups is 1. The van der Waals surface area contributed by atoms with Gasteiger partial charge in [0.25, 0.3) is 0 Å². The first-order chi connectivity index (χ1) is 10.1. The molecule has 1 aliphatic carbocycles. The Kier molecular flexibility index (Phi) is 3.87. The first kappa shape index (κ1) is 14.4. The average molecular weight is 285 g/mol. The van der Waals surface area contributed by atoms with Gasteiger partial charge in [0.05, 0.1) is 0 Å². The fourth-order valence-corrected chi connectivity index (χ4v) is 3.51. The largest absolute Gasteiger partial charge is 0.508 e. The molecule has 2 unspecified atom stereocenters. The van der Waals surface area contributed by atoms with Gasteiger partial charge in [-0.15, -0.1) is 0 Å². The summed E-state index contributed by atoms with van der Waals surface area (Å²) in [6.07, 6.45) is 3.29. The molecule has 0 aromatic heterocycles. The summed E-state index contributed by atoms with van der Waals surface area (Å²) in [5, 5.41) is 25.6. The molecule has 2 aromatic carbocycles. The van der Waals surface area contributed by atoms with Gasteiger partial charge in [0, 0.05) is 30.2 Å². The van der Waals surface area contributed by atoms with Crippen LogP contribution in [0.3, 0.4) is 0 Å². The summed E-state index contributed by atoms with van der Waals surface area (Å²) in [6.45, 7) is 2.99. The van der Waals surface area contributed by atoms with Crippen LogP contribution in [0.5, 0.6) is 5.75 Å². The highest BCUT2D eigenvalue weighted by atomic mass is 16.3. The van der Waals surface area contributed by atoms with E-state index in [9.17, 15) is 10.2 Å². The number of phenols is 1. The van der Waals surface area contributed by atoms with Gasteiger partial charge in [0.1, 0.15) is 5.75 Å². The van der Waals surface area contributed by atoms with Crippen molar-refractivity contribution in [2.75, 3.05) is 6.61 Å². The number of hydrogen-bond donors (Lipinski definition) is 3. The van der Waals surface area contributed by atoms with Crippen molar-refractivity contribution in [1.82, 2.24) is 5.32 Å². The molecule has 3 nitrogen and oxygen atoms in total. The van der Waals surface area contributed by atoms with Crippen LogP contribution in [0.25, 0.3) is 10.8 Å². The second-order valence-corrected chi connectivity index (χ2v) is 6.42. The molecule has 0 amide bonds. The van der Waals surface area contributed by atoms with Crippen molar-refractivity contribution >= 4 is 10.8 Å². The summed E-state index contributed by atoms with van der Waals surface area (Å²) in [7, 11) is 0. The molecule has 3 heteroatoms. The summed E-state index contributed by atoms with van der Waals surface area (Å²) < 4.78 is 0. The van der Waals surface area contributed by atoms with Gasteiger partial charge in [-0.3, -0.25) is 0 Å². The number of aliphatic hydroxyl groups is 1. The van der Waals surface area contributed by atoms with E-state index in [4.69, 9.17) is 0 Å². The van der Waals surface area contributed by atoms with Crippen LogP contribution in [0.2, 0.25) is 0 Å². The van der Waals surface area contributed by atoms with Gasteiger partial charge in [0.2, 0.25) is 0 Å². The van der Waals surface area contributed by atoms with Gasteiger partial charge in [-0.25, -0.2) is 0 Å². The molecule has 1 saturated carbocycles. The van der Waals surface area contributed by atoms with Crippen LogP contribution in [-0.4, -0.2) is 22.9 Å². The monoisotopic (exact) mass is 285 g/mol. The normalized spacial score (nSPS) is 25.5. The SMILES string of the molecule is CC1(CO)CCCC1NCc1c(O)ccc2ccccc12. The molecule has 2 aromatic rings. The van der Waals surface area contributed by atoms with Crippen molar-refractivity contribution in [1.29, 1.82) is 0 Å². The van der Waals surface area contributed by atoms with Crippen molar-refractivity contribution < 1.29 is 10.2 Å². The van der Waals surface area contributed by atoms with Crippen LogP contribution in [0.1, 0.15) is 31.7 Å². The summed E-state index contributed by atoms with van der Waals surface area (Å²) in [6, 6.07) is 12.1. The zero-order chi connectivity index (χ0) is 14.9. The minimum absolute atomic E-state index is 0.0415. The quantitative estimate of drug-likeness (QED) is 0.808. The first-order valence-electron chi connectivity index (χ1n) is 7.68. The topological polar surface area (TPSA) is 52.5 Å². The third kappa shape index (κ3) is 2.63. The lowest BCUT2D eigenvalue weighted by Crippen LogP contribution is -2.41. The van der Waals surface area contributed by atoms with E-state index in [0.717, 1.165) is 35.6 Å². The number of nitrogens with one attached hydrogen (secondary N) is 1. The van der Waals surface area contributed by atoms with Crippen molar-refractivity contribution in [3.63, 3.8) is 0 Å². The number of aliphatic hydroxyl groups excluding tert-OH is 1. The highest BCUT2D eigenvalue weighted by Crippen LogP contribution is 2.38. The van der Waals surface area contributed by atoms with Crippen LogP contribution >= 0.6 is 0 Å². The molecule has 3 N–H and O–H groups in total. The van der Waals surface area contributed by atoms with E-state index in [1.165, 1.54) is 0 Å². The van der Waals surface area contributed by atoms with E-state index in [0.29, 0.717) is 18.3 Å². The Balaban J connectivity index is 1.84. The third-order valence-corrected chi connectivity index (χ3v) is 4.98. The Hall–Kier alpha value is -1.58. The Morgan fingerprint density at radius 2 is 2.05 bits per heavy atom. The van der Waals surface area contributed by atoms with Crippen LogP contribution in [0, 0.1) is 5.41 Å². The molecule has 0 aliphatic heterocycles. The van der Waals surface area contributed by atoms with E-state index in [1.54, 1.807) is 6.07 Å². The number of hydrogen-bond acceptors (Lipinski definition) is 3. The predicted molar refractivity (Wildman–Crippen MR) is 85.3 cm³/mol. The molecule has 0 spiro atoms. The first-order valence-corrected chi connectivity index (χ1v) is 7.68. The zero-order valence-electron chi connectivity index (χ0n) is 12.5. The number of rotatable bonds is 4. The smallest absolute Gasteiger partial charge is 0.120 e. The Labute approximate surface area is 125 Å². The Bertz CT molecular complexity index is 640. The van der Waals surface area contributed by atoms with Gasteiger partial charge in [-0.1, -0.05) is 43.7 Å². The second-order valence-electron chi connectivity index (χ2n) is 6.42. The van der Waals surface area contributed by atoms with Gasteiger partial charge < -0.3 is 15.5 Å². The maximum Gasteiger partial charge on any atom is 0.120 e. The lowest BCUT2D eigenvalue weighted by atomic mass is 9.85. The van der Waals surface area contributed by atoms with Crippen LogP contribution in [0.4, 0.5) is 0 Å². The van der Waals surface area contributed by atoms with Crippen molar-refractivity contribution in [2.45, 2.75) is 38.8 Å². The van der Waals surface area contributed by atoms with E-state index >= 15 is 0 Å². The average Bonchev–Trinajstić information content (AvgIpc) is 2.88. The molecule has 3 rings (SSSR count). The molecule has 0 bridgehead atoms. The highest BCUT2D eigenvalue weighted by Gasteiger charge is 2.37.